The van der Waals surface area contributed by atoms with E-state index in [1.807, 2.05) is 12.1 Å². The van der Waals surface area contributed by atoms with E-state index in [-0.39, 0.29) is 16.8 Å². The lowest BCUT2D eigenvalue weighted by atomic mass is 10.0. The van der Waals surface area contributed by atoms with Crippen LogP contribution in [0.15, 0.2) is 46.5 Å². The number of rotatable bonds is 7. The highest BCUT2D eigenvalue weighted by atomic mass is 32.2. The Kier molecular flexibility index (Phi) is 7.21. The molecule has 2 aliphatic heterocycles. The number of fused-ring (bicyclic) bond motifs is 1. The average Bonchev–Trinajstić information content (AvgIpc) is 3.48. The molecule has 2 aliphatic rings. The summed E-state index contributed by atoms with van der Waals surface area (Å²) < 4.78 is 50.9. The second kappa shape index (κ2) is 10.2. The van der Waals surface area contributed by atoms with E-state index in [0.29, 0.717) is 47.9 Å². The third-order valence-corrected chi connectivity index (χ3v) is 9.87. The molecule has 2 aromatic carbocycles. The number of benzene rings is 2. The van der Waals surface area contributed by atoms with Gasteiger partial charge < -0.3 is 9.30 Å². The number of imidazole rings is 1. The molecule has 0 spiro atoms. The fraction of sp³-hybridized carbons (Fsp3) is 0.500. The van der Waals surface area contributed by atoms with Crippen LogP contribution >= 0.6 is 11.8 Å². The number of aryl methyl sites for hydroxylation is 1. The van der Waals surface area contributed by atoms with Gasteiger partial charge in [0.2, 0.25) is 10.0 Å². The summed E-state index contributed by atoms with van der Waals surface area (Å²) in [5, 5.41) is 0.748. The van der Waals surface area contributed by atoms with Gasteiger partial charge in [0.05, 0.1) is 28.6 Å². The Morgan fingerprint density at radius 1 is 1.20 bits per heavy atom. The van der Waals surface area contributed by atoms with E-state index in [0.717, 1.165) is 43.0 Å². The molecule has 2 fully saturated rings. The van der Waals surface area contributed by atoms with Gasteiger partial charge in [0.1, 0.15) is 5.82 Å². The molecule has 3 heterocycles. The van der Waals surface area contributed by atoms with Crippen LogP contribution in [0, 0.1) is 18.7 Å². The molecule has 2 saturated heterocycles. The Morgan fingerprint density at radius 2 is 2.06 bits per heavy atom. The van der Waals surface area contributed by atoms with Crippen molar-refractivity contribution in [3.63, 3.8) is 0 Å². The van der Waals surface area contributed by atoms with Gasteiger partial charge in [0, 0.05) is 25.4 Å². The lowest BCUT2D eigenvalue weighted by Crippen LogP contribution is -2.39. The zero-order chi connectivity index (χ0) is 24.6. The molecule has 9 heteroatoms. The molecule has 2 atom stereocenters. The van der Waals surface area contributed by atoms with Gasteiger partial charge in [-0.1, -0.05) is 36.9 Å². The van der Waals surface area contributed by atoms with E-state index in [1.165, 1.54) is 11.8 Å². The first kappa shape index (κ1) is 24.7. The van der Waals surface area contributed by atoms with Crippen LogP contribution < -0.4 is 0 Å². The largest absolute Gasteiger partial charge is 0.376 e. The van der Waals surface area contributed by atoms with Crippen LogP contribution in [-0.2, 0) is 27.1 Å². The van der Waals surface area contributed by atoms with Crippen molar-refractivity contribution < 1.29 is 17.5 Å². The average molecular weight is 518 g/mol. The first-order valence-electron chi connectivity index (χ1n) is 12.3. The standard InChI is InChI=1S/C26H32FN3O3S2/c1-18-6-4-12-29(15-18)35(31,32)22-10-11-24-23(14-22)28-26(30(24)16-21-9-5-13-33-21)34-17-20-8-3-7-19(2)25(20)27/h3,7-8,10-11,14,18,21H,4-6,9,12-13,15-17H2,1-2H3. The topological polar surface area (TPSA) is 64.4 Å². The highest BCUT2D eigenvalue weighted by Crippen LogP contribution is 2.32. The van der Waals surface area contributed by atoms with E-state index in [9.17, 15) is 12.8 Å². The quantitative estimate of drug-likeness (QED) is 0.394. The molecule has 0 amide bonds. The molecule has 0 aliphatic carbocycles. The molecule has 0 radical (unpaired) electrons. The Labute approximate surface area is 210 Å². The Balaban J connectivity index is 1.48. The highest BCUT2D eigenvalue weighted by Gasteiger charge is 2.29. The van der Waals surface area contributed by atoms with Gasteiger partial charge in [-0.15, -0.1) is 0 Å². The lowest BCUT2D eigenvalue weighted by molar-refractivity contribution is 0.0960. The highest BCUT2D eigenvalue weighted by molar-refractivity contribution is 7.98. The molecule has 2 unspecified atom stereocenters. The van der Waals surface area contributed by atoms with Gasteiger partial charge in [0.15, 0.2) is 5.16 Å². The van der Waals surface area contributed by atoms with Gasteiger partial charge in [-0.05, 0) is 67.9 Å². The number of ether oxygens (including phenoxy) is 1. The van der Waals surface area contributed by atoms with Gasteiger partial charge >= 0.3 is 0 Å². The van der Waals surface area contributed by atoms with E-state index in [4.69, 9.17) is 9.72 Å². The zero-order valence-electron chi connectivity index (χ0n) is 20.2. The molecule has 5 rings (SSSR count). The van der Waals surface area contributed by atoms with Crippen molar-refractivity contribution in [1.29, 1.82) is 0 Å². The van der Waals surface area contributed by atoms with Gasteiger partial charge in [-0.2, -0.15) is 4.31 Å². The second-order valence-electron chi connectivity index (χ2n) is 9.74. The number of aromatic nitrogens is 2. The summed E-state index contributed by atoms with van der Waals surface area (Å²) in [6.07, 6.45) is 4.05. The van der Waals surface area contributed by atoms with Crippen molar-refractivity contribution in [1.82, 2.24) is 13.9 Å². The maximum absolute atomic E-state index is 14.6. The number of sulfonamides is 1. The van der Waals surface area contributed by atoms with E-state index in [2.05, 4.69) is 11.5 Å². The van der Waals surface area contributed by atoms with Crippen molar-refractivity contribution in [3.8, 4) is 0 Å². The summed E-state index contributed by atoms with van der Waals surface area (Å²) in [4.78, 5) is 5.10. The first-order valence-corrected chi connectivity index (χ1v) is 14.7. The molecule has 1 aromatic heterocycles. The van der Waals surface area contributed by atoms with Crippen LogP contribution in [0.2, 0.25) is 0 Å². The summed E-state index contributed by atoms with van der Waals surface area (Å²) in [6.45, 7) is 6.37. The Hall–Kier alpha value is -1.94. The minimum atomic E-state index is -3.58. The molecule has 188 valence electrons. The number of nitrogens with zero attached hydrogens (tertiary/aromatic N) is 3. The molecular formula is C26H32FN3O3S2. The molecule has 0 N–H and O–H groups in total. The third kappa shape index (κ3) is 5.14. The van der Waals surface area contributed by atoms with Gasteiger partial charge in [0.25, 0.3) is 0 Å². The third-order valence-electron chi connectivity index (χ3n) is 6.98. The number of hydrogen-bond acceptors (Lipinski definition) is 5. The first-order chi connectivity index (χ1) is 16.8. The maximum Gasteiger partial charge on any atom is 0.243 e. The molecule has 0 bridgehead atoms. The monoisotopic (exact) mass is 517 g/mol. The van der Waals surface area contributed by atoms with Crippen LogP contribution in [0.25, 0.3) is 11.0 Å². The fourth-order valence-corrected chi connectivity index (χ4v) is 7.62. The predicted octanol–water partition coefficient (Wildman–Crippen LogP) is 5.38. The SMILES string of the molecule is Cc1cccc(CSc2nc3cc(S(=O)(=O)N4CCCC(C)C4)ccc3n2CC2CCCO2)c1F. The van der Waals surface area contributed by atoms with E-state index >= 15 is 0 Å². The van der Waals surface area contributed by atoms with Gasteiger partial charge in [-0.25, -0.2) is 17.8 Å². The fourth-order valence-electron chi connectivity index (χ4n) is 5.00. The smallest absolute Gasteiger partial charge is 0.243 e. The zero-order valence-corrected chi connectivity index (χ0v) is 21.9. The Morgan fingerprint density at radius 3 is 2.83 bits per heavy atom. The van der Waals surface area contributed by atoms with E-state index in [1.54, 1.807) is 35.5 Å². The molecule has 0 saturated carbocycles. The normalized spacial score (nSPS) is 21.7. The number of thioether (sulfide) groups is 1. The molecular weight excluding hydrogens is 485 g/mol. The predicted molar refractivity (Wildman–Crippen MR) is 137 cm³/mol. The van der Waals surface area contributed by atoms with Crippen LogP contribution in [0.4, 0.5) is 4.39 Å². The van der Waals surface area contributed by atoms with Crippen molar-refractivity contribution >= 4 is 32.8 Å². The van der Waals surface area contributed by atoms with Crippen LogP contribution in [0.3, 0.4) is 0 Å². The summed E-state index contributed by atoms with van der Waals surface area (Å²) in [5.74, 6) is 0.614. The van der Waals surface area contributed by atoms with Crippen LogP contribution in [0.5, 0.6) is 0 Å². The number of piperidine rings is 1. The maximum atomic E-state index is 14.6. The number of halogens is 1. The van der Waals surface area contributed by atoms with Crippen molar-refractivity contribution in [2.24, 2.45) is 5.92 Å². The minimum absolute atomic E-state index is 0.0979. The number of hydrogen-bond donors (Lipinski definition) is 0. The van der Waals surface area contributed by atoms with Gasteiger partial charge in [-0.3, -0.25) is 0 Å². The minimum Gasteiger partial charge on any atom is -0.376 e. The molecule has 35 heavy (non-hydrogen) atoms. The molecule has 3 aromatic rings. The van der Waals surface area contributed by atoms with E-state index < -0.39 is 10.0 Å². The summed E-state index contributed by atoms with van der Waals surface area (Å²) in [7, 11) is -3.58. The molecule has 6 nitrogen and oxygen atoms in total. The second-order valence-corrected chi connectivity index (χ2v) is 12.6. The summed E-state index contributed by atoms with van der Waals surface area (Å²) in [5.41, 5.74) is 2.77. The van der Waals surface area contributed by atoms with Crippen molar-refractivity contribution in [2.45, 2.75) is 68.0 Å². The summed E-state index contributed by atoms with van der Waals surface area (Å²) >= 11 is 1.47. The lowest BCUT2D eigenvalue weighted by Gasteiger charge is -2.30. The van der Waals surface area contributed by atoms with Crippen LogP contribution in [0.1, 0.15) is 43.7 Å². The van der Waals surface area contributed by atoms with Crippen LogP contribution in [-0.4, -0.2) is 48.1 Å². The Bertz CT molecular complexity index is 1320. The van der Waals surface area contributed by atoms with Crippen molar-refractivity contribution in [2.75, 3.05) is 19.7 Å². The van der Waals surface area contributed by atoms with Crippen molar-refractivity contribution in [3.05, 3.63) is 53.3 Å². The summed E-state index contributed by atoms with van der Waals surface area (Å²) in [6, 6.07) is 10.7.